The molecule has 14 rings (SSSR count). The summed E-state index contributed by atoms with van der Waals surface area (Å²) in [5.74, 6) is 0. The highest BCUT2D eigenvalue weighted by atomic mass is 32.2. The molecule has 0 radical (unpaired) electrons. The van der Waals surface area contributed by atoms with Gasteiger partial charge in [-0.25, -0.2) is 0 Å². The zero-order valence-corrected chi connectivity index (χ0v) is 39.7. The van der Waals surface area contributed by atoms with Crippen LogP contribution in [0.25, 0.3) is 49.4 Å². The van der Waals surface area contributed by atoms with E-state index in [1.807, 2.05) is 11.8 Å². The summed E-state index contributed by atoms with van der Waals surface area (Å²) in [5, 5.41) is 9.33. The van der Waals surface area contributed by atoms with Gasteiger partial charge in [-0.15, -0.1) is 0 Å². The van der Waals surface area contributed by atoms with E-state index >= 15 is 0 Å². The number of hydrogen-bond donors (Lipinski definition) is 0. The molecular weight excluding hydrogens is 869 g/mol. The standard InChI is InChI=1S/C65H44N2SSi/c1-3-21-46(22-4-1)67-58-31-13-9-26-52(58)64-51(27-18-33-59(64)67)45-37-39-47(40-38-45)66(57-32-17-20-44-19-7-8-25-50(44)57)48-41-42-63-56(43-48)65(53-28-10-14-34-60(53)68-61-35-15-11-29-54(61)65)55-30-12-16-36-62(55)69(63)49-23-5-2-6-24-49/h1-43,69H. The van der Waals surface area contributed by atoms with Crippen LogP contribution in [-0.4, -0.2) is 13.4 Å². The molecule has 2 aliphatic rings. The summed E-state index contributed by atoms with van der Waals surface area (Å²) in [6, 6.07) is 97.8. The smallest absolute Gasteiger partial charge is 0.133 e. The minimum Gasteiger partial charge on any atom is -0.310 e. The Morgan fingerprint density at radius 1 is 0.406 bits per heavy atom. The second-order valence-corrected chi connectivity index (χ2v) is 22.2. The molecule has 1 aromatic heterocycles. The average molecular weight is 913 g/mol. The van der Waals surface area contributed by atoms with Crippen molar-refractivity contribution in [2.24, 2.45) is 0 Å². The number of nitrogens with zero attached hydrogens (tertiary/aromatic N) is 2. The van der Waals surface area contributed by atoms with Crippen molar-refractivity contribution in [2.75, 3.05) is 4.90 Å². The number of benzene rings is 11. The molecule has 0 fully saturated rings. The second kappa shape index (κ2) is 16.0. The van der Waals surface area contributed by atoms with Crippen molar-refractivity contribution in [3.05, 3.63) is 283 Å². The minimum atomic E-state index is -1.97. The molecule has 4 heteroatoms. The van der Waals surface area contributed by atoms with Crippen LogP contribution in [0.4, 0.5) is 17.1 Å². The Balaban J connectivity index is 1.01. The first-order valence-corrected chi connectivity index (χ1v) is 26.4. The van der Waals surface area contributed by atoms with E-state index < -0.39 is 14.2 Å². The predicted molar refractivity (Wildman–Crippen MR) is 293 cm³/mol. The molecule has 0 amide bonds. The van der Waals surface area contributed by atoms with Crippen molar-refractivity contribution in [3.63, 3.8) is 0 Å². The number of rotatable bonds is 6. The van der Waals surface area contributed by atoms with Gasteiger partial charge in [0.15, 0.2) is 0 Å². The van der Waals surface area contributed by atoms with Crippen molar-refractivity contribution < 1.29 is 0 Å². The molecule has 0 saturated heterocycles. The van der Waals surface area contributed by atoms with Gasteiger partial charge in [0.05, 0.1) is 22.1 Å². The summed E-state index contributed by atoms with van der Waals surface area (Å²) in [7, 11) is -1.97. The third-order valence-electron chi connectivity index (χ3n) is 14.8. The lowest BCUT2D eigenvalue weighted by atomic mass is 9.64. The van der Waals surface area contributed by atoms with Crippen LogP contribution in [0.1, 0.15) is 22.3 Å². The van der Waals surface area contributed by atoms with Crippen LogP contribution in [0.5, 0.6) is 0 Å². The summed E-state index contributed by atoms with van der Waals surface area (Å²) in [6.45, 7) is 0. The molecule has 0 aliphatic carbocycles. The van der Waals surface area contributed by atoms with E-state index in [4.69, 9.17) is 0 Å². The van der Waals surface area contributed by atoms with Gasteiger partial charge in [-0.3, -0.25) is 0 Å². The number of fused-ring (bicyclic) bond motifs is 12. The summed E-state index contributed by atoms with van der Waals surface area (Å²) in [6.07, 6.45) is 0. The fourth-order valence-corrected chi connectivity index (χ4v) is 16.7. The van der Waals surface area contributed by atoms with Gasteiger partial charge in [0.1, 0.15) is 8.80 Å². The van der Waals surface area contributed by atoms with Gasteiger partial charge in [0.25, 0.3) is 0 Å². The number of anilines is 3. The summed E-state index contributed by atoms with van der Waals surface area (Å²) < 4.78 is 2.40. The maximum absolute atomic E-state index is 2.58. The highest BCUT2D eigenvalue weighted by Crippen LogP contribution is 2.57. The van der Waals surface area contributed by atoms with Crippen molar-refractivity contribution in [1.82, 2.24) is 4.57 Å². The van der Waals surface area contributed by atoms with Gasteiger partial charge in [-0.2, -0.15) is 0 Å². The quantitative estimate of drug-likeness (QED) is 0.154. The summed E-state index contributed by atoms with van der Waals surface area (Å²) in [4.78, 5) is 5.13. The monoisotopic (exact) mass is 912 g/mol. The molecule has 0 N–H and O–H groups in total. The van der Waals surface area contributed by atoms with E-state index in [0.717, 1.165) is 22.7 Å². The maximum atomic E-state index is 2.58. The van der Waals surface area contributed by atoms with E-state index in [9.17, 15) is 0 Å². The van der Waals surface area contributed by atoms with Crippen LogP contribution in [0.3, 0.4) is 0 Å². The molecular formula is C65H44N2SSi. The Hall–Kier alpha value is -8.15. The number of hydrogen-bond acceptors (Lipinski definition) is 2. The van der Waals surface area contributed by atoms with Gasteiger partial charge in [0, 0.05) is 43.0 Å². The number of aromatic nitrogens is 1. The topological polar surface area (TPSA) is 8.17 Å². The molecule has 1 unspecified atom stereocenters. The highest BCUT2D eigenvalue weighted by Gasteiger charge is 2.51. The van der Waals surface area contributed by atoms with E-state index in [1.165, 1.54) is 91.3 Å². The molecule has 1 spiro atoms. The van der Waals surface area contributed by atoms with E-state index in [0.29, 0.717) is 0 Å². The third kappa shape index (κ3) is 6.06. The van der Waals surface area contributed by atoms with Gasteiger partial charge < -0.3 is 9.47 Å². The maximum Gasteiger partial charge on any atom is 0.133 e. The van der Waals surface area contributed by atoms with Gasteiger partial charge in [-0.05, 0) is 116 Å². The zero-order chi connectivity index (χ0) is 45.5. The molecule has 2 aliphatic heterocycles. The largest absolute Gasteiger partial charge is 0.310 e. The fraction of sp³-hybridized carbons (Fsp3) is 0.0154. The minimum absolute atomic E-state index is 0.537. The molecule has 2 nitrogen and oxygen atoms in total. The van der Waals surface area contributed by atoms with Crippen LogP contribution < -0.4 is 20.5 Å². The van der Waals surface area contributed by atoms with Crippen LogP contribution in [0, 0.1) is 0 Å². The van der Waals surface area contributed by atoms with Crippen LogP contribution in [-0.2, 0) is 5.41 Å². The molecule has 324 valence electrons. The molecule has 0 saturated carbocycles. The lowest BCUT2D eigenvalue weighted by molar-refractivity contribution is 0.708. The molecule has 3 heterocycles. The Bertz CT molecular complexity index is 3900. The SMILES string of the molecule is c1ccc(-n2c3ccccc3c3c(-c4ccc(N(c5ccc6c(c5)C5(c7ccccc7Sc7ccccc75)c5ccccc5[SiH]6c5ccccc5)c5cccc6ccccc56)cc4)cccc32)cc1. The second-order valence-electron chi connectivity index (χ2n) is 18.3. The third-order valence-corrected chi connectivity index (χ3v) is 19.2. The predicted octanol–water partition coefficient (Wildman–Crippen LogP) is 14.5. The average Bonchev–Trinajstić information content (AvgIpc) is 3.76. The van der Waals surface area contributed by atoms with E-state index in [-0.39, 0.29) is 0 Å². The van der Waals surface area contributed by atoms with Crippen molar-refractivity contribution in [3.8, 4) is 16.8 Å². The van der Waals surface area contributed by atoms with E-state index in [2.05, 4.69) is 270 Å². The lowest BCUT2D eigenvalue weighted by Crippen LogP contribution is -2.62. The zero-order valence-electron chi connectivity index (χ0n) is 37.7. The molecule has 0 bridgehead atoms. The molecule has 11 aromatic carbocycles. The van der Waals surface area contributed by atoms with Gasteiger partial charge in [-0.1, -0.05) is 211 Å². The molecule has 12 aromatic rings. The fourth-order valence-electron chi connectivity index (χ4n) is 12.0. The van der Waals surface area contributed by atoms with Crippen molar-refractivity contribution >= 4 is 85.8 Å². The van der Waals surface area contributed by atoms with Crippen molar-refractivity contribution in [1.29, 1.82) is 0 Å². The van der Waals surface area contributed by atoms with Crippen LogP contribution >= 0.6 is 11.8 Å². The van der Waals surface area contributed by atoms with Crippen LogP contribution in [0.2, 0.25) is 0 Å². The Morgan fingerprint density at radius 2 is 0.986 bits per heavy atom. The van der Waals surface area contributed by atoms with Gasteiger partial charge in [0.2, 0.25) is 0 Å². The normalized spacial score (nSPS) is 14.3. The first-order chi connectivity index (χ1) is 34.3. The Labute approximate surface area is 408 Å². The molecule has 69 heavy (non-hydrogen) atoms. The summed E-state index contributed by atoms with van der Waals surface area (Å²) in [5.41, 5.74) is 14.3. The Morgan fingerprint density at radius 3 is 1.77 bits per heavy atom. The van der Waals surface area contributed by atoms with Crippen molar-refractivity contribution in [2.45, 2.75) is 15.2 Å². The van der Waals surface area contributed by atoms with Gasteiger partial charge >= 0.3 is 0 Å². The lowest BCUT2D eigenvalue weighted by Gasteiger charge is -2.48. The first-order valence-electron chi connectivity index (χ1n) is 23.9. The summed E-state index contributed by atoms with van der Waals surface area (Å²) >= 11 is 1.90. The highest BCUT2D eigenvalue weighted by molar-refractivity contribution is 7.99. The number of para-hydroxylation sites is 2. The van der Waals surface area contributed by atoms with Crippen LogP contribution in [0.15, 0.2) is 271 Å². The first kappa shape index (κ1) is 40.0. The Kier molecular flexibility index (Phi) is 9.26. The van der Waals surface area contributed by atoms with E-state index in [1.54, 1.807) is 0 Å². The molecule has 1 atom stereocenters.